The van der Waals surface area contributed by atoms with Crippen LogP contribution in [0.2, 0.25) is 0 Å². The summed E-state index contributed by atoms with van der Waals surface area (Å²) in [6, 6.07) is 14.8. The molecule has 1 heterocycles. The highest BCUT2D eigenvalue weighted by molar-refractivity contribution is 8.15. The van der Waals surface area contributed by atoms with Crippen LogP contribution in [0.3, 0.4) is 0 Å². The van der Waals surface area contributed by atoms with Crippen molar-refractivity contribution in [2.24, 2.45) is 0 Å². The van der Waals surface area contributed by atoms with Crippen molar-refractivity contribution in [1.82, 2.24) is 10.6 Å². The lowest BCUT2D eigenvalue weighted by molar-refractivity contribution is -0.118. The van der Waals surface area contributed by atoms with Gasteiger partial charge < -0.3 is 14.8 Å². The lowest BCUT2D eigenvalue weighted by Crippen LogP contribution is -2.42. The van der Waals surface area contributed by atoms with E-state index in [0.29, 0.717) is 25.2 Å². The second-order valence-corrected chi connectivity index (χ2v) is 9.41. The maximum atomic E-state index is 11.8. The Hall–Kier alpha value is -3.00. The predicted octanol–water partition coefficient (Wildman–Crippen LogP) is 4.09. The molecule has 0 bridgehead atoms. The Labute approximate surface area is 185 Å². The molecule has 7 nitrogen and oxygen atoms in total. The Morgan fingerprint density at radius 3 is 2.19 bits per heavy atom. The Morgan fingerprint density at radius 2 is 1.61 bits per heavy atom. The number of nitrogens with one attached hydrogen (secondary N) is 2. The number of rotatable bonds is 7. The van der Waals surface area contributed by atoms with Gasteiger partial charge >= 0.3 is 6.09 Å². The average molecular weight is 443 g/mol. The van der Waals surface area contributed by atoms with Gasteiger partial charge in [-0.05, 0) is 62.6 Å². The van der Waals surface area contributed by atoms with Crippen molar-refractivity contribution in [1.29, 1.82) is 0 Å². The number of amides is 3. The number of ether oxygens (including phenoxy) is 2. The van der Waals surface area contributed by atoms with E-state index < -0.39 is 6.09 Å². The van der Waals surface area contributed by atoms with Gasteiger partial charge in [-0.3, -0.25) is 14.9 Å². The van der Waals surface area contributed by atoms with E-state index in [-0.39, 0.29) is 21.9 Å². The van der Waals surface area contributed by atoms with Crippen molar-refractivity contribution >= 4 is 29.0 Å². The molecule has 0 aliphatic carbocycles. The maximum absolute atomic E-state index is 11.8. The molecule has 2 aromatic rings. The number of carbonyl (C=O) groups is 3. The molecule has 8 heteroatoms. The van der Waals surface area contributed by atoms with Gasteiger partial charge in [0.1, 0.15) is 11.5 Å². The fourth-order valence-corrected chi connectivity index (χ4v) is 3.77. The SMILES string of the molecule is CC(C)(C)NC(=O)Oc1ccc(CCOc2ccc(CC3SC(=O)NC3=O)cc2)cc1. The van der Waals surface area contributed by atoms with E-state index in [4.69, 9.17) is 9.47 Å². The molecule has 1 unspecified atom stereocenters. The predicted molar refractivity (Wildman–Crippen MR) is 120 cm³/mol. The highest BCUT2D eigenvalue weighted by atomic mass is 32.2. The van der Waals surface area contributed by atoms with Crippen molar-refractivity contribution in [2.45, 2.75) is 44.4 Å². The Kier molecular flexibility index (Phi) is 7.22. The van der Waals surface area contributed by atoms with Gasteiger partial charge in [0.2, 0.25) is 5.91 Å². The standard InChI is InChI=1S/C23H26N2O5S/c1-23(2,3)25-21(27)30-18-10-4-15(5-11-18)12-13-29-17-8-6-16(7-9-17)14-19-20(26)24-22(28)31-19/h4-11,19H,12-14H2,1-3H3,(H,25,27)(H,24,26,28). The number of hydrogen-bond acceptors (Lipinski definition) is 6. The number of benzene rings is 2. The monoisotopic (exact) mass is 442 g/mol. The summed E-state index contributed by atoms with van der Waals surface area (Å²) < 4.78 is 11.1. The molecular weight excluding hydrogens is 416 g/mol. The van der Waals surface area contributed by atoms with Gasteiger partial charge in [-0.15, -0.1) is 0 Å². The Morgan fingerprint density at radius 1 is 1.00 bits per heavy atom. The van der Waals surface area contributed by atoms with Crippen molar-refractivity contribution in [2.75, 3.05) is 6.61 Å². The third-order valence-corrected chi connectivity index (χ3v) is 5.36. The summed E-state index contributed by atoms with van der Waals surface area (Å²) in [5.74, 6) is 0.988. The smallest absolute Gasteiger partial charge is 0.413 e. The Bertz CT molecular complexity index is 936. The first kappa shape index (κ1) is 22.7. The molecule has 0 spiro atoms. The summed E-state index contributed by atoms with van der Waals surface area (Å²) in [6.45, 7) is 6.17. The average Bonchev–Trinajstić information content (AvgIpc) is 3.00. The van der Waals surface area contributed by atoms with Gasteiger partial charge in [0, 0.05) is 12.0 Å². The van der Waals surface area contributed by atoms with Crippen molar-refractivity contribution in [3.8, 4) is 11.5 Å². The normalized spacial score (nSPS) is 16.0. The van der Waals surface area contributed by atoms with Gasteiger partial charge in [0.15, 0.2) is 0 Å². The largest absolute Gasteiger partial charge is 0.493 e. The van der Waals surface area contributed by atoms with Gasteiger partial charge in [-0.25, -0.2) is 4.79 Å². The molecule has 31 heavy (non-hydrogen) atoms. The summed E-state index contributed by atoms with van der Waals surface area (Å²) >= 11 is 1.03. The van der Waals surface area contributed by atoms with Crippen LogP contribution in [-0.2, 0) is 17.6 Å². The van der Waals surface area contributed by atoms with E-state index >= 15 is 0 Å². The van der Waals surface area contributed by atoms with E-state index in [1.54, 1.807) is 12.1 Å². The maximum Gasteiger partial charge on any atom is 0.413 e. The second-order valence-electron chi connectivity index (χ2n) is 8.24. The van der Waals surface area contributed by atoms with Gasteiger partial charge in [-0.2, -0.15) is 0 Å². The zero-order valence-electron chi connectivity index (χ0n) is 17.8. The van der Waals surface area contributed by atoms with Crippen LogP contribution in [0.1, 0.15) is 31.9 Å². The molecular formula is C23H26N2O5S. The van der Waals surface area contributed by atoms with Crippen LogP contribution in [0.5, 0.6) is 11.5 Å². The zero-order valence-corrected chi connectivity index (χ0v) is 18.6. The summed E-state index contributed by atoms with van der Waals surface area (Å²) in [4.78, 5) is 34.7. The second kappa shape index (κ2) is 9.87. The molecule has 1 saturated heterocycles. The molecule has 1 aliphatic heterocycles. The van der Waals surface area contributed by atoms with Crippen LogP contribution in [0.25, 0.3) is 0 Å². The molecule has 0 radical (unpaired) electrons. The first-order chi connectivity index (χ1) is 14.7. The van der Waals surface area contributed by atoms with Gasteiger partial charge in [0.25, 0.3) is 5.24 Å². The molecule has 1 aliphatic rings. The molecule has 0 saturated carbocycles. The van der Waals surface area contributed by atoms with E-state index in [0.717, 1.165) is 28.6 Å². The highest BCUT2D eigenvalue weighted by Gasteiger charge is 2.31. The first-order valence-corrected chi connectivity index (χ1v) is 10.9. The number of carbonyl (C=O) groups excluding carboxylic acids is 3. The van der Waals surface area contributed by atoms with Gasteiger partial charge in [0.05, 0.1) is 11.9 Å². The fourth-order valence-electron chi connectivity index (χ4n) is 2.91. The van der Waals surface area contributed by atoms with Crippen LogP contribution >= 0.6 is 11.8 Å². The van der Waals surface area contributed by atoms with Crippen LogP contribution < -0.4 is 20.1 Å². The minimum atomic E-state index is -0.481. The molecule has 2 aromatic carbocycles. The van der Waals surface area contributed by atoms with Crippen LogP contribution in [0.4, 0.5) is 9.59 Å². The van der Waals surface area contributed by atoms with E-state index in [9.17, 15) is 14.4 Å². The summed E-state index contributed by atoms with van der Waals surface area (Å²) in [6.07, 6.45) is 0.729. The van der Waals surface area contributed by atoms with Crippen molar-refractivity contribution in [3.05, 3.63) is 59.7 Å². The highest BCUT2D eigenvalue weighted by Crippen LogP contribution is 2.24. The van der Waals surface area contributed by atoms with Gasteiger partial charge in [-0.1, -0.05) is 36.0 Å². The van der Waals surface area contributed by atoms with Crippen molar-refractivity contribution in [3.63, 3.8) is 0 Å². The van der Waals surface area contributed by atoms with Crippen molar-refractivity contribution < 1.29 is 23.9 Å². The molecule has 0 aromatic heterocycles. The summed E-state index contributed by atoms with van der Waals surface area (Å²) in [5, 5.41) is 4.38. The molecule has 3 rings (SSSR count). The fraction of sp³-hybridized carbons (Fsp3) is 0.348. The van der Waals surface area contributed by atoms with E-state index in [1.165, 1.54) is 0 Å². The van der Waals surface area contributed by atoms with Crippen LogP contribution in [-0.4, -0.2) is 34.6 Å². The topological polar surface area (TPSA) is 93.7 Å². The van der Waals surface area contributed by atoms with E-state index in [1.807, 2.05) is 57.2 Å². The quantitative estimate of drug-likeness (QED) is 0.671. The lowest BCUT2D eigenvalue weighted by atomic mass is 10.1. The molecule has 2 N–H and O–H groups in total. The zero-order chi connectivity index (χ0) is 22.4. The summed E-state index contributed by atoms with van der Waals surface area (Å²) in [5.41, 5.74) is 1.69. The van der Waals surface area contributed by atoms with E-state index in [2.05, 4.69) is 10.6 Å². The first-order valence-electron chi connectivity index (χ1n) is 10.0. The minimum absolute atomic E-state index is 0.235. The third kappa shape index (κ3) is 7.32. The van der Waals surface area contributed by atoms with Crippen LogP contribution in [0, 0.1) is 0 Å². The number of hydrogen-bond donors (Lipinski definition) is 2. The Balaban J connectivity index is 1.42. The lowest BCUT2D eigenvalue weighted by Gasteiger charge is -2.19. The molecule has 3 amide bonds. The number of thioether (sulfide) groups is 1. The molecule has 1 fully saturated rings. The minimum Gasteiger partial charge on any atom is -0.493 e. The molecule has 1 atom stereocenters. The third-order valence-electron chi connectivity index (χ3n) is 4.38. The molecule has 164 valence electrons. The summed E-state index contributed by atoms with van der Waals surface area (Å²) in [7, 11) is 0. The number of imide groups is 1. The van der Waals surface area contributed by atoms with Crippen LogP contribution in [0.15, 0.2) is 48.5 Å².